The first-order valence-corrected chi connectivity index (χ1v) is 9.74. The molecule has 1 saturated carbocycles. The Balaban J connectivity index is 0.00000140. The zero-order chi connectivity index (χ0) is 17.9. The number of hydrogen-bond donors (Lipinski definition) is 2. The maximum absolute atomic E-state index is 11.7. The van der Waals surface area contributed by atoms with Crippen molar-refractivity contribution < 1.29 is 9.53 Å². The summed E-state index contributed by atoms with van der Waals surface area (Å²) in [7, 11) is 0. The highest BCUT2D eigenvalue weighted by molar-refractivity contribution is 5.85. The number of ether oxygens (including phenoxy) is 1. The van der Waals surface area contributed by atoms with Gasteiger partial charge in [-0.2, -0.15) is 4.98 Å². The Kier molecular flexibility index (Phi) is 8.39. The number of carbonyl (C=O) groups excluding carboxylic acids is 1. The molecule has 1 aliphatic carbocycles. The van der Waals surface area contributed by atoms with Gasteiger partial charge in [0.1, 0.15) is 5.82 Å². The topological polar surface area (TPSA) is 96.6 Å². The van der Waals surface area contributed by atoms with Crippen LogP contribution in [0.2, 0.25) is 0 Å². The average molecular weight is 433 g/mol. The highest BCUT2D eigenvalue weighted by Crippen LogP contribution is 2.36. The Morgan fingerprint density at radius 1 is 1.14 bits per heavy atom. The minimum atomic E-state index is -0.220. The minimum absolute atomic E-state index is 0. The number of anilines is 2. The molecule has 1 amide bonds. The molecule has 4 rings (SSSR count). The predicted octanol–water partition coefficient (Wildman–Crippen LogP) is 2.38. The smallest absolute Gasteiger partial charge is 0.409 e. The zero-order valence-corrected chi connectivity index (χ0v) is 17.6. The maximum atomic E-state index is 11.7. The summed E-state index contributed by atoms with van der Waals surface area (Å²) < 4.78 is 5.08. The van der Waals surface area contributed by atoms with Crippen LogP contribution in [0.15, 0.2) is 6.07 Å². The molecule has 3 aliphatic rings. The molecule has 3 heterocycles. The first-order chi connectivity index (χ1) is 12.7. The van der Waals surface area contributed by atoms with Gasteiger partial charge < -0.3 is 25.6 Å². The fourth-order valence-electron chi connectivity index (χ4n) is 3.83. The van der Waals surface area contributed by atoms with Crippen LogP contribution in [-0.2, 0) is 4.74 Å². The number of hydrogen-bond acceptors (Lipinski definition) is 7. The SMILES string of the molecule is Cl.Cl.NC1CC(c2cc(NCCN3CCCOC3=O)nc(N3CCCC3)n2)C1. The van der Waals surface area contributed by atoms with E-state index in [1.165, 1.54) is 12.8 Å². The van der Waals surface area contributed by atoms with Gasteiger partial charge in [0.15, 0.2) is 0 Å². The van der Waals surface area contributed by atoms with Crippen LogP contribution in [0.1, 0.15) is 43.7 Å². The first-order valence-electron chi connectivity index (χ1n) is 9.74. The van der Waals surface area contributed by atoms with Crippen LogP contribution in [0.4, 0.5) is 16.6 Å². The van der Waals surface area contributed by atoms with Gasteiger partial charge >= 0.3 is 6.09 Å². The molecular weight excluding hydrogens is 403 g/mol. The molecular formula is C18H30Cl2N6O2. The molecule has 1 aromatic heterocycles. The number of cyclic esters (lactones) is 1. The summed E-state index contributed by atoms with van der Waals surface area (Å²) in [4.78, 5) is 25.2. The number of nitrogens with zero attached hydrogens (tertiary/aromatic N) is 4. The maximum Gasteiger partial charge on any atom is 0.409 e. The van der Waals surface area contributed by atoms with Gasteiger partial charge in [-0.25, -0.2) is 9.78 Å². The van der Waals surface area contributed by atoms with E-state index < -0.39 is 0 Å². The van der Waals surface area contributed by atoms with Crippen LogP contribution in [0.25, 0.3) is 0 Å². The molecule has 10 heteroatoms. The lowest BCUT2D eigenvalue weighted by atomic mass is 9.78. The number of rotatable bonds is 6. The lowest BCUT2D eigenvalue weighted by molar-refractivity contribution is 0.0746. The second-order valence-electron chi connectivity index (χ2n) is 7.48. The van der Waals surface area contributed by atoms with E-state index in [9.17, 15) is 4.79 Å². The van der Waals surface area contributed by atoms with E-state index in [1.807, 2.05) is 6.07 Å². The predicted molar refractivity (Wildman–Crippen MR) is 114 cm³/mol. The fourth-order valence-corrected chi connectivity index (χ4v) is 3.83. The molecule has 0 radical (unpaired) electrons. The lowest BCUT2D eigenvalue weighted by Gasteiger charge is -2.32. The highest BCUT2D eigenvalue weighted by atomic mass is 35.5. The lowest BCUT2D eigenvalue weighted by Crippen LogP contribution is -2.40. The second kappa shape index (κ2) is 10.3. The summed E-state index contributed by atoms with van der Waals surface area (Å²) in [5.41, 5.74) is 7.05. The molecule has 1 aromatic rings. The molecule has 0 bridgehead atoms. The number of nitrogens with two attached hydrogens (primary N) is 1. The van der Waals surface area contributed by atoms with E-state index in [4.69, 9.17) is 20.4 Å². The van der Waals surface area contributed by atoms with Gasteiger partial charge in [-0.1, -0.05) is 0 Å². The summed E-state index contributed by atoms with van der Waals surface area (Å²) in [5.74, 6) is 2.09. The van der Waals surface area contributed by atoms with Crippen molar-refractivity contribution in [2.45, 2.75) is 44.1 Å². The van der Waals surface area contributed by atoms with Gasteiger partial charge in [-0.3, -0.25) is 0 Å². The third-order valence-electron chi connectivity index (χ3n) is 5.46. The van der Waals surface area contributed by atoms with Crippen molar-refractivity contribution in [3.8, 4) is 0 Å². The zero-order valence-electron chi connectivity index (χ0n) is 16.0. The number of carbonyl (C=O) groups is 1. The van der Waals surface area contributed by atoms with Crippen molar-refractivity contribution in [3.05, 3.63) is 11.8 Å². The average Bonchev–Trinajstić information content (AvgIpc) is 3.15. The monoisotopic (exact) mass is 432 g/mol. The quantitative estimate of drug-likeness (QED) is 0.711. The molecule has 3 fully saturated rings. The number of aromatic nitrogens is 2. The van der Waals surface area contributed by atoms with Gasteiger partial charge in [0.05, 0.1) is 12.3 Å². The van der Waals surface area contributed by atoms with Crippen molar-refractivity contribution in [3.63, 3.8) is 0 Å². The number of halogens is 2. The minimum Gasteiger partial charge on any atom is -0.449 e. The van der Waals surface area contributed by atoms with Crippen molar-refractivity contribution in [2.24, 2.45) is 5.73 Å². The van der Waals surface area contributed by atoms with Gasteiger partial charge in [0.25, 0.3) is 0 Å². The van der Waals surface area contributed by atoms with Gasteiger partial charge in [-0.05, 0) is 32.1 Å². The molecule has 2 aliphatic heterocycles. The molecule has 8 nitrogen and oxygen atoms in total. The van der Waals surface area contributed by atoms with Crippen molar-refractivity contribution in [2.75, 3.05) is 49.5 Å². The van der Waals surface area contributed by atoms with Gasteiger partial charge in [0.2, 0.25) is 5.95 Å². The summed E-state index contributed by atoms with van der Waals surface area (Å²) in [6, 6.07) is 2.34. The second-order valence-corrected chi connectivity index (χ2v) is 7.48. The molecule has 0 aromatic carbocycles. The summed E-state index contributed by atoms with van der Waals surface area (Å²) in [6.07, 6.45) is 5.06. The summed E-state index contributed by atoms with van der Waals surface area (Å²) >= 11 is 0. The van der Waals surface area contributed by atoms with Crippen LogP contribution in [0.5, 0.6) is 0 Å². The highest BCUT2D eigenvalue weighted by Gasteiger charge is 2.30. The molecule has 28 heavy (non-hydrogen) atoms. The van der Waals surface area contributed by atoms with Crippen LogP contribution in [0.3, 0.4) is 0 Å². The van der Waals surface area contributed by atoms with Crippen molar-refractivity contribution in [1.29, 1.82) is 0 Å². The normalized spacial score (nSPS) is 24.0. The van der Waals surface area contributed by atoms with Crippen LogP contribution >= 0.6 is 24.8 Å². The Bertz CT molecular complexity index is 653. The number of amides is 1. The summed E-state index contributed by atoms with van der Waals surface area (Å²) in [6.45, 7) is 4.59. The third-order valence-corrected chi connectivity index (χ3v) is 5.46. The molecule has 158 valence electrons. The summed E-state index contributed by atoms with van der Waals surface area (Å²) in [5, 5.41) is 3.37. The Morgan fingerprint density at radius 2 is 1.89 bits per heavy atom. The fraction of sp³-hybridized carbons (Fsp3) is 0.722. The largest absolute Gasteiger partial charge is 0.449 e. The van der Waals surface area contributed by atoms with E-state index in [1.54, 1.807) is 4.90 Å². The van der Waals surface area contributed by atoms with Crippen molar-refractivity contribution in [1.82, 2.24) is 14.9 Å². The van der Waals surface area contributed by atoms with E-state index in [0.29, 0.717) is 31.7 Å². The van der Waals surface area contributed by atoms with Crippen LogP contribution in [0, 0.1) is 0 Å². The molecule has 0 atom stereocenters. The molecule has 0 spiro atoms. The van der Waals surface area contributed by atoms with Gasteiger partial charge in [0, 0.05) is 50.7 Å². The number of nitrogens with one attached hydrogen (secondary N) is 1. The molecule has 0 unspecified atom stereocenters. The Morgan fingerprint density at radius 3 is 2.57 bits per heavy atom. The van der Waals surface area contributed by atoms with E-state index in [2.05, 4.69) is 10.2 Å². The van der Waals surface area contributed by atoms with E-state index >= 15 is 0 Å². The standard InChI is InChI=1S/C18H28N6O2.2ClH/c19-14-10-13(11-14)15-12-16(22-17(21-15)23-5-1-2-6-23)20-4-8-24-7-3-9-26-18(24)25;;/h12-14H,1-11,19H2,(H,20,21,22);2*1H. The third kappa shape index (κ3) is 5.30. The van der Waals surface area contributed by atoms with E-state index in [-0.39, 0.29) is 30.9 Å². The van der Waals surface area contributed by atoms with Crippen molar-refractivity contribution >= 4 is 42.7 Å². The van der Waals surface area contributed by atoms with Gasteiger partial charge in [-0.15, -0.1) is 24.8 Å². The Hall–Kier alpha value is -1.51. The molecule has 3 N–H and O–H groups in total. The molecule has 2 saturated heterocycles. The Labute approximate surface area is 178 Å². The first kappa shape index (κ1) is 22.8. The van der Waals surface area contributed by atoms with Crippen LogP contribution < -0.4 is 16.0 Å². The van der Waals surface area contributed by atoms with Crippen LogP contribution in [-0.4, -0.2) is 66.3 Å². The van der Waals surface area contributed by atoms with E-state index in [0.717, 1.165) is 56.4 Å².